The number of nitrogens with zero attached hydrogens (tertiary/aromatic N) is 6. The van der Waals surface area contributed by atoms with Crippen molar-refractivity contribution in [2.45, 2.75) is 12.1 Å². The van der Waals surface area contributed by atoms with Crippen LogP contribution in [-0.4, -0.2) is 49.9 Å². The minimum absolute atomic E-state index is 0.100. The van der Waals surface area contributed by atoms with Gasteiger partial charge >= 0.3 is 0 Å². The molecule has 1 amide bonds. The smallest absolute Gasteiger partial charge is 0.295 e. The van der Waals surface area contributed by atoms with E-state index >= 15 is 0 Å². The third-order valence-corrected chi connectivity index (χ3v) is 6.63. The van der Waals surface area contributed by atoms with Crippen LogP contribution in [-0.2, 0) is 18.9 Å². The first kappa shape index (κ1) is 23.4. The van der Waals surface area contributed by atoms with Crippen LogP contribution in [0.2, 0.25) is 0 Å². The van der Waals surface area contributed by atoms with Gasteiger partial charge in [0.25, 0.3) is 5.56 Å². The molecule has 2 heterocycles. The fourth-order valence-corrected chi connectivity index (χ4v) is 4.34. The summed E-state index contributed by atoms with van der Waals surface area (Å²) in [7, 11) is 7.63. The molecule has 0 unspecified atom stereocenters. The average Bonchev–Trinajstić information content (AvgIpc) is 3.30. The summed E-state index contributed by atoms with van der Waals surface area (Å²) in [5.41, 5.74) is 3.42. The van der Waals surface area contributed by atoms with Gasteiger partial charge < -0.3 is 14.8 Å². The molecule has 0 atom stereocenters. The maximum absolute atomic E-state index is 13.0. The van der Waals surface area contributed by atoms with Crippen LogP contribution in [0.4, 0.5) is 11.4 Å². The predicted octanol–water partition coefficient (Wildman–Crippen LogP) is 3.08. The topological polar surface area (TPSA) is 90.0 Å². The maximum Gasteiger partial charge on any atom is 0.295 e. The Morgan fingerprint density at radius 2 is 1.79 bits per heavy atom. The van der Waals surface area contributed by atoms with E-state index in [1.165, 1.54) is 16.4 Å². The number of nitrogens with one attached hydrogen (secondary N) is 1. The number of amides is 1. The zero-order valence-corrected chi connectivity index (χ0v) is 20.6. The van der Waals surface area contributed by atoms with E-state index < -0.39 is 0 Å². The molecule has 0 fully saturated rings. The lowest BCUT2D eigenvalue weighted by molar-refractivity contribution is -0.113. The number of hydrogen-bond donors (Lipinski definition) is 1. The number of carbonyl (C=O) groups excluding carboxylic acids is 1. The Morgan fingerprint density at radius 1 is 1.06 bits per heavy atom. The van der Waals surface area contributed by atoms with E-state index in [9.17, 15) is 9.59 Å². The summed E-state index contributed by atoms with van der Waals surface area (Å²) in [5.74, 6) is 0.537. The molecule has 0 aliphatic rings. The Hall–Kier alpha value is -3.79. The molecule has 1 N–H and O–H groups in total. The van der Waals surface area contributed by atoms with Crippen LogP contribution in [0, 0.1) is 6.92 Å². The fraction of sp³-hybridized carbons (Fsp3) is 0.250. The van der Waals surface area contributed by atoms with Gasteiger partial charge in [-0.05, 0) is 31.2 Å². The Morgan fingerprint density at radius 3 is 2.50 bits per heavy atom. The summed E-state index contributed by atoms with van der Waals surface area (Å²) < 4.78 is 5.13. The first-order valence-corrected chi connectivity index (χ1v) is 11.7. The van der Waals surface area contributed by atoms with Crippen molar-refractivity contribution in [1.82, 2.24) is 24.1 Å². The molecule has 0 radical (unpaired) electrons. The lowest BCUT2D eigenvalue weighted by atomic mass is 10.2. The molecule has 0 aliphatic heterocycles. The lowest BCUT2D eigenvalue weighted by Gasteiger charge is -2.13. The van der Waals surface area contributed by atoms with Crippen LogP contribution in [0.15, 0.2) is 64.5 Å². The second kappa shape index (κ2) is 9.60. The number of carbonyl (C=O) groups is 1. The van der Waals surface area contributed by atoms with Crippen molar-refractivity contribution in [3.63, 3.8) is 0 Å². The highest BCUT2D eigenvalue weighted by molar-refractivity contribution is 7.99. The van der Waals surface area contributed by atoms with E-state index in [4.69, 9.17) is 0 Å². The van der Waals surface area contributed by atoms with E-state index in [-0.39, 0.29) is 22.9 Å². The first-order chi connectivity index (χ1) is 16.3. The van der Waals surface area contributed by atoms with Gasteiger partial charge in [0.1, 0.15) is 5.69 Å². The number of hydrogen-bond acceptors (Lipinski definition) is 6. The summed E-state index contributed by atoms with van der Waals surface area (Å²) in [6, 6.07) is 17.3. The van der Waals surface area contributed by atoms with Gasteiger partial charge in [-0.3, -0.25) is 14.3 Å². The number of thioether (sulfide) groups is 1. The summed E-state index contributed by atoms with van der Waals surface area (Å²) in [4.78, 5) is 27.7. The monoisotopic (exact) mass is 477 g/mol. The van der Waals surface area contributed by atoms with Crippen molar-refractivity contribution in [2.75, 3.05) is 30.1 Å². The van der Waals surface area contributed by atoms with Crippen LogP contribution >= 0.6 is 11.8 Å². The van der Waals surface area contributed by atoms with Gasteiger partial charge in [0.2, 0.25) is 5.91 Å². The predicted molar refractivity (Wildman–Crippen MR) is 136 cm³/mol. The molecule has 0 saturated heterocycles. The Balaban J connectivity index is 1.48. The van der Waals surface area contributed by atoms with Crippen molar-refractivity contribution in [3.05, 3.63) is 70.6 Å². The molecule has 176 valence electrons. The molecule has 0 spiro atoms. The molecule has 4 rings (SSSR count). The van der Waals surface area contributed by atoms with E-state index in [1.807, 2.05) is 85.2 Å². The van der Waals surface area contributed by atoms with E-state index in [0.717, 1.165) is 22.8 Å². The van der Waals surface area contributed by atoms with Crippen LogP contribution in [0.3, 0.4) is 0 Å². The highest BCUT2D eigenvalue weighted by atomic mass is 32.2. The van der Waals surface area contributed by atoms with Crippen LogP contribution in [0.1, 0.15) is 5.69 Å². The normalized spacial score (nSPS) is 11.0. The highest BCUT2D eigenvalue weighted by Crippen LogP contribution is 2.25. The second-order valence-corrected chi connectivity index (χ2v) is 9.03. The van der Waals surface area contributed by atoms with Gasteiger partial charge in [-0.25, -0.2) is 4.68 Å². The average molecular weight is 478 g/mol. The molecule has 10 heteroatoms. The molecular weight excluding hydrogens is 450 g/mol. The molecule has 0 saturated carbocycles. The van der Waals surface area contributed by atoms with Crippen molar-refractivity contribution in [1.29, 1.82) is 0 Å². The van der Waals surface area contributed by atoms with Crippen LogP contribution in [0.5, 0.6) is 0 Å². The fourth-order valence-electron chi connectivity index (χ4n) is 3.63. The molecule has 0 aliphatic carbocycles. The zero-order valence-electron chi connectivity index (χ0n) is 19.8. The van der Waals surface area contributed by atoms with Gasteiger partial charge in [0.05, 0.1) is 17.1 Å². The van der Waals surface area contributed by atoms with Crippen molar-refractivity contribution in [2.24, 2.45) is 14.1 Å². The molecular formula is C24H27N7O2S. The van der Waals surface area contributed by atoms with E-state index in [0.29, 0.717) is 10.9 Å². The zero-order chi connectivity index (χ0) is 24.4. The van der Waals surface area contributed by atoms with Crippen molar-refractivity contribution < 1.29 is 4.79 Å². The number of rotatable bonds is 7. The largest absolute Gasteiger partial charge is 0.378 e. The first-order valence-electron chi connectivity index (χ1n) is 10.7. The van der Waals surface area contributed by atoms with Crippen molar-refractivity contribution in [3.8, 4) is 17.1 Å². The second-order valence-electron chi connectivity index (χ2n) is 8.08. The van der Waals surface area contributed by atoms with Gasteiger partial charge in [-0.1, -0.05) is 42.1 Å². The third-order valence-electron chi connectivity index (χ3n) is 5.61. The minimum Gasteiger partial charge on any atom is -0.378 e. The highest BCUT2D eigenvalue weighted by Gasteiger charge is 2.19. The molecule has 4 aromatic rings. The van der Waals surface area contributed by atoms with Gasteiger partial charge in [0, 0.05) is 39.4 Å². The minimum atomic E-state index is -0.282. The van der Waals surface area contributed by atoms with Crippen molar-refractivity contribution >= 4 is 29.0 Å². The Bertz CT molecular complexity index is 1390. The molecule has 34 heavy (non-hydrogen) atoms. The molecule has 9 nitrogen and oxygen atoms in total. The molecule has 2 aromatic heterocycles. The number of para-hydroxylation sites is 1. The summed E-state index contributed by atoms with van der Waals surface area (Å²) >= 11 is 1.27. The Kier molecular flexibility index (Phi) is 6.60. The van der Waals surface area contributed by atoms with E-state index in [2.05, 4.69) is 15.5 Å². The van der Waals surface area contributed by atoms with Crippen LogP contribution in [0.25, 0.3) is 17.1 Å². The van der Waals surface area contributed by atoms with Gasteiger partial charge in [-0.2, -0.15) is 0 Å². The SMILES string of the molecule is Cc1c(NC(=O)CSc2nnc(-c3cccc(N(C)C)c3)n2C)c(=O)n(-c2ccccc2)n1C. The quantitative estimate of drug-likeness (QED) is 0.412. The summed E-state index contributed by atoms with van der Waals surface area (Å²) in [5, 5.41) is 12.0. The van der Waals surface area contributed by atoms with E-state index in [1.54, 1.807) is 18.7 Å². The molecule has 2 aromatic carbocycles. The number of anilines is 2. The van der Waals surface area contributed by atoms with Gasteiger partial charge in [0.15, 0.2) is 11.0 Å². The third kappa shape index (κ3) is 4.49. The Labute approximate surface area is 202 Å². The van der Waals surface area contributed by atoms with Gasteiger partial charge in [-0.15, -0.1) is 10.2 Å². The summed E-state index contributed by atoms with van der Waals surface area (Å²) in [6.07, 6.45) is 0. The number of benzene rings is 2. The molecule has 0 bridgehead atoms. The summed E-state index contributed by atoms with van der Waals surface area (Å²) in [6.45, 7) is 1.81. The lowest BCUT2D eigenvalue weighted by Crippen LogP contribution is -2.23. The van der Waals surface area contributed by atoms with Crippen LogP contribution < -0.4 is 15.8 Å². The maximum atomic E-state index is 13.0. The standard InChI is InChI=1S/C24H27N7O2S/c1-16-21(23(33)31(30(16)5)18-11-7-6-8-12-18)25-20(32)15-34-24-27-26-22(29(24)4)17-10-9-13-19(14-17)28(2)3/h6-14H,15H2,1-5H3,(H,25,32). The number of aromatic nitrogens is 5.